The predicted molar refractivity (Wildman–Crippen MR) is 259 cm³/mol. The number of ether oxygens (including phenoxy) is 6. The highest BCUT2D eigenvalue weighted by molar-refractivity contribution is 5.76. The van der Waals surface area contributed by atoms with Crippen LogP contribution >= 0.6 is 0 Å². The lowest BCUT2D eigenvalue weighted by atomic mass is 9.96. The van der Waals surface area contributed by atoms with Crippen molar-refractivity contribution in [3.05, 3.63) is 48.6 Å². The molecule has 12 N–H and O–H groups in total. The summed E-state index contributed by atoms with van der Waals surface area (Å²) >= 11 is 0. The zero-order chi connectivity index (χ0) is 51.3. The number of aliphatic hydroxyl groups is 11. The molecule has 3 aliphatic heterocycles. The summed E-state index contributed by atoms with van der Waals surface area (Å²) in [5.74, 6) is -0.289. The molecule has 17 atom stereocenters. The molecular weight excluding hydrogens is 915 g/mol. The molecule has 3 rings (SSSR count). The molecule has 3 fully saturated rings. The lowest BCUT2D eigenvalue weighted by Gasteiger charge is -2.48. The van der Waals surface area contributed by atoms with Gasteiger partial charge in [0, 0.05) is 6.42 Å². The summed E-state index contributed by atoms with van der Waals surface area (Å²) < 4.78 is 34.1. The van der Waals surface area contributed by atoms with Gasteiger partial charge in [-0.25, -0.2) is 0 Å². The van der Waals surface area contributed by atoms with Gasteiger partial charge in [-0.2, -0.15) is 0 Å². The topological polar surface area (TPSA) is 307 Å². The number of hydrogen-bond acceptors (Lipinski definition) is 18. The van der Waals surface area contributed by atoms with E-state index in [0.717, 1.165) is 57.8 Å². The van der Waals surface area contributed by atoms with Crippen molar-refractivity contribution in [2.45, 2.75) is 240 Å². The third kappa shape index (κ3) is 21.3. The first kappa shape index (κ1) is 62.0. The van der Waals surface area contributed by atoms with Crippen LogP contribution in [0.1, 0.15) is 136 Å². The molecule has 3 heterocycles. The number of unbranched alkanes of at least 4 members (excludes halogenated alkanes) is 11. The lowest BCUT2D eigenvalue weighted by Crippen LogP contribution is -2.66. The fourth-order valence-electron chi connectivity index (χ4n) is 8.59. The number of rotatable bonds is 35. The quantitative estimate of drug-likeness (QED) is 0.0319. The first-order chi connectivity index (χ1) is 33.8. The largest absolute Gasteiger partial charge is 0.394 e. The molecule has 19 heteroatoms. The maximum atomic E-state index is 13.2. The monoisotopic (exact) mass is 1000 g/mol. The minimum atomic E-state index is -1.98. The summed E-state index contributed by atoms with van der Waals surface area (Å²) in [7, 11) is 0. The van der Waals surface area contributed by atoms with Crippen molar-refractivity contribution in [1.82, 2.24) is 5.32 Å². The van der Waals surface area contributed by atoms with E-state index in [0.29, 0.717) is 19.3 Å². The second-order valence-corrected chi connectivity index (χ2v) is 18.6. The van der Waals surface area contributed by atoms with E-state index in [-0.39, 0.29) is 18.9 Å². The Morgan fingerprint density at radius 3 is 1.51 bits per heavy atom. The number of carbonyl (C=O) groups excluding carboxylic acids is 1. The molecule has 3 saturated heterocycles. The van der Waals surface area contributed by atoms with Crippen molar-refractivity contribution in [3.8, 4) is 0 Å². The van der Waals surface area contributed by atoms with E-state index in [9.17, 15) is 61.0 Å². The van der Waals surface area contributed by atoms with E-state index < -0.39 is 124 Å². The molecule has 70 heavy (non-hydrogen) atoms. The first-order valence-electron chi connectivity index (χ1n) is 25.9. The fraction of sp³-hybridized carbons (Fsp3) is 0.824. The average Bonchev–Trinajstić information content (AvgIpc) is 3.35. The van der Waals surface area contributed by atoms with E-state index in [2.05, 4.69) is 67.8 Å². The summed E-state index contributed by atoms with van der Waals surface area (Å²) in [6, 6.07) is -0.907. The number of amides is 1. The summed E-state index contributed by atoms with van der Waals surface area (Å²) in [4.78, 5) is 13.2. The van der Waals surface area contributed by atoms with Crippen LogP contribution < -0.4 is 5.32 Å². The van der Waals surface area contributed by atoms with Gasteiger partial charge in [-0.15, -0.1) is 0 Å². The highest BCUT2D eigenvalue weighted by Crippen LogP contribution is 2.33. The molecule has 0 radical (unpaired) electrons. The van der Waals surface area contributed by atoms with E-state index >= 15 is 0 Å². The number of nitrogens with one attached hydrogen (secondary N) is 1. The number of allylic oxidation sites excluding steroid dienone is 8. The van der Waals surface area contributed by atoms with Crippen LogP contribution in [0.15, 0.2) is 48.6 Å². The first-order valence-corrected chi connectivity index (χ1v) is 25.9. The van der Waals surface area contributed by atoms with Gasteiger partial charge in [0.2, 0.25) is 5.91 Å². The average molecular weight is 1000 g/mol. The van der Waals surface area contributed by atoms with E-state index in [1.165, 1.54) is 38.5 Å². The van der Waals surface area contributed by atoms with Crippen molar-refractivity contribution in [2.75, 3.05) is 26.4 Å². The Hall–Kier alpha value is -2.25. The number of hydrogen-bond donors (Lipinski definition) is 12. The normalized spacial score (nSPS) is 33.0. The molecule has 1 amide bonds. The third-order valence-corrected chi connectivity index (χ3v) is 12.9. The van der Waals surface area contributed by atoms with Gasteiger partial charge in [0.25, 0.3) is 0 Å². The Balaban J connectivity index is 1.56. The number of carbonyl (C=O) groups is 1. The van der Waals surface area contributed by atoms with Crippen LogP contribution in [-0.2, 0) is 33.2 Å². The van der Waals surface area contributed by atoms with Gasteiger partial charge in [-0.05, 0) is 51.4 Å². The molecule has 0 saturated carbocycles. The molecule has 0 aromatic heterocycles. The fourth-order valence-corrected chi connectivity index (χ4v) is 8.59. The summed E-state index contributed by atoms with van der Waals surface area (Å²) in [5.41, 5.74) is 0. The molecule has 0 aliphatic carbocycles. The smallest absolute Gasteiger partial charge is 0.220 e. The van der Waals surface area contributed by atoms with Crippen molar-refractivity contribution < 1.29 is 89.4 Å². The van der Waals surface area contributed by atoms with Gasteiger partial charge in [-0.3, -0.25) is 4.79 Å². The Labute approximate surface area is 414 Å². The van der Waals surface area contributed by atoms with Gasteiger partial charge in [0.15, 0.2) is 18.9 Å². The Bertz CT molecular complexity index is 1480. The van der Waals surface area contributed by atoms with Crippen LogP contribution in [0.3, 0.4) is 0 Å². The van der Waals surface area contributed by atoms with Gasteiger partial charge in [0.1, 0.15) is 73.2 Å². The number of aliphatic hydroxyl groups excluding tert-OH is 11. The second-order valence-electron chi connectivity index (χ2n) is 18.6. The molecule has 17 unspecified atom stereocenters. The van der Waals surface area contributed by atoms with E-state index in [4.69, 9.17) is 28.4 Å². The zero-order valence-electron chi connectivity index (χ0n) is 41.5. The molecule has 0 aromatic rings. The summed E-state index contributed by atoms with van der Waals surface area (Å²) in [5, 5.41) is 120. The van der Waals surface area contributed by atoms with E-state index in [1.54, 1.807) is 0 Å². The third-order valence-electron chi connectivity index (χ3n) is 12.9. The Morgan fingerprint density at radius 2 is 0.986 bits per heavy atom. The van der Waals surface area contributed by atoms with E-state index in [1.807, 2.05) is 0 Å². The van der Waals surface area contributed by atoms with Gasteiger partial charge >= 0.3 is 0 Å². The van der Waals surface area contributed by atoms with Gasteiger partial charge < -0.3 is 89.9 Å². The van der Waals surface area contributed by atoms with Crippen molar-refractivity contribution in [3.63, 3.8) is 0 Å². The minimum absolute atomic E-state index is 0.212. The van der Waals surface area contributed by atoms with Crippen LogP contribution in [0, 0.1) is 0 Å². The predicted octanol–water partition coefficient (Wildman–Crippen LogP) is 1.97. The zero-order valence-corrected chi connectivity index (χ0v) is 41.5. The molecule has 0 bridgehead atoms. The van der Waals surface area contributed by atoms with Crippen LogP contribution in [-0.4, -0.2) is 193 Å². The second kappa shape index (κ2) is 35.8. The van der Waals surface area contributed by atoms with Gasteiger partial charge in [0.05, 0.1) is 38.6 Å². The van der Waals surface area contributed by atoms with Crippen molar-refractivity contribution in [2.24, 2.45) is 0 Å². The molecule has 19 nitrogen and oxygen atoms in total. The summed E-state index contributed by atoms with van der Waals surface area (Å²) in [6.45, 7) is 1.57. The molecule has 0 spiro atoms. The Kier molecular flexibility index (Phi) is 31.8. The van der Waals surface area contributed by atoms with Crippen LogP contribution in [0.2, 0.25) is 0 Å². The van der Waals surface area contributed by atoms with Crippen molar-refractivity contribution in [1.29, 1.82) is 0 Å². The van der Waals surface area contributed by atoms with Crippen LogP contribution in [0.5, 0.6) is 0 Å². The standard InChI is InChI=1S/C51H89NO18/c1-3-5-7-9-11-13-15-16-17-18-19-21-23-25-27-29-39(57)52-34(35(56)28-26-24-22-20-14-12-10-8-6-4-2)33-65-49-45(63)42(60)47(37(31-54)67-49)70-51-46(64)43(61)48(38(32-55)68-51)69-50-44(62)41(59)40(58)36(30-53)66-50/h5,7,11,13,16-17,19,21,34-38,40-51,53-56,58-64H,3-4,6,8-10,12,14-15,18,20,22-33H2,1-2H3,(H,52,57)/b7-5-,13-11-,17-16-,21-19-. The van der Waals surface area contributed by atoms with Crippen LogP contribution in [0.25, 0.3) is 0 Å². The Morgan fingerprint density at radius 1 is 0.529 bits per heavy atom. The molecule has 3 aliphatic rings. The van der Waals surface area contributed by atoms with Crippen molar-refractivity contribution >= 4 is 5.91 Å². The molecule has 406 valence electrons. The maximum Gasteiger partial charge on any atom is 0.220 e. The lowest BCUT2D eigenvalue weighted by molar-refractivity contribution is -0.379. The highest BCUT2D eigenvalue weighted by atomic mass is 16.8. The van der Waals surface area contributed by atoms with Gasteiger partial charge in [-0.1, -0.05) is 127 Å². The molecule has 0 aromatic carbocycles. The maximum absolute atomic E-state index is 13.2. The molecular formula is C51H89NO18. The minimum Gasteiger partial charge on any atom is -0.394 e. The highest BCUT2D eigenvalue weighted by Gasteiger charge is 2.53. The summed E-state index contributed by atoms with van der Waals surface area (Å²) in [6.07, 6.45) is 8.03. The SMILES string of the molecule is CC/C=C\C/C=C\C/C=C\C/C=C\CCCCC(=O)NC(COC1OC(CO)C(OC2OC(CO)C(OC3OC(CO)C(O)C(O)C3O)C(O)C2O)C(O)C1O)C(O)CCCCCCCCCCCC. The van der Waals surface area contributed by atoms with Crippen LogP contribution in [0.4, 0.5) is 0 Å².